The Morgan fingerprint density at radius 2 is 1.76 bits per heavy atom. The van der Waals surface area contributed by atoms with Gasteiger partial charge >= 0.3 is 6.18 Å². The van der Waals surface area contributed by atoms with Crippen LogP contribution in [0.3, 0.4) is 0 Å². The molecule has 2 N–H and O–H groups in total. The highest BCUT2D eigenvalue weighted by Crippen LogP contribution is 2.44. The molecule has 9 heteroatoms. The molecule has 29 heavy (non-hydrogen) atoms. The van der Waals surface area contributed by atoms with Gasteiger partial charge in [-0.05, 0) is 76.7 Å². The first-order valence-electron chi connectivity index (χ1n) is 9.86. The van der Waals surface area contributed by atoms with Crippen LogP contribution in [0, 0.1) is 11.8 Å². The molecule has 3 rings (SSSR count). The first-order chi connectivity index (χ1) is 13.4. The van der Waals surface area contributed by atoms with Gasteiger partial charge in [-0.15, -0.1) is 0 Å². The molecule has 1 heterocycles. The maximum Gasteiger partial charge on any atom is 0.416 e. The molecule has 0 bridgehead atoms. The number of carbonyl (C=O) groups is 1. The molecule has 5 nitrogen and oxygen atoms in total. The quantitative estimate of drug-likeness (QED) is 0.750. The van der Waals surface area contributed by atoms with Crippen molar-refractivity contribution >= 4 is 15.7 Å². The van der Waals surface area contributed by atoms with Gasteiger partial charge in [0, 0.05) is 12.0 Å². The van der Waals surface area contributed by atoms with Crippen LogP contribution >= 0.6 is 0 Å². The number of alkyl halides is 3. The molecule has 1 saturated carbocycles. The van der Waals surface area contributed by atoms with E-state index in [4.69, 9.17) is 0 Å². The van der Waals surface area contributed by atoms with Crippen LogP contribution in [-0.2, 0) is 20.8 Å². The Bertz CT molecular complexity index is 856. The Morgan fingerprint density at radius 3 is 2.34 bits per heavy atom. The van der Waals surface area contributed by atoms with E-state index in [1.54, 1.807) is 13.8 Å². The van der Waals surface area contributed by atoms with Gasteiger partial charge in [0.1, 0.15) is 0 Å². The van der Waals surface area contributed by atoms with Crippen molar-refractivity contribution in [1.29, 1.82) is 0 Å². The van der Waals surface area contributed by atoms with Crippen molar-refractivity contribution in [2.24, 2.45) is 11.8 Å². The smallest absolute Gasteiger partial charge is 0.353 e. The van der Waals surface area contributed by atoms with E-state index in [0.717, 1.165) is 38.1 Å². The van der Waals surface area contributed by atoms with Crippen LogP contribution in [0.15, 0.2) is 29.2 Å². The number of carbonyl (C=O) groups excluding carboxylic acids is 1. The maximum absolute atomic E-state index is 13.1. The topological polar surface area (TPSA) is 75.3 Å². The molecule has 1 saturated heterocycles. The van der Waals surface area contributed by atoms with Crippen molar-refractivity contribution in [3.05, 3.63) is 29.8 Å². The Balaban J connectivity index is 1.66. The highest BCUT2D eigenvalue weighted by Gasteiger charge is 2.49. The van der Waals surface area contributed by atoms with E-state index in [-0.39, 0.29) is 28.7 Å². The number of hydrogen-bond donors (Lipinski definition) is 2. The highest BCUT2D eigenvalue weighted by atomic mass is 32.2. The molecule has 0 radical (unpaired) electrons. The predicted octanol–water partition coefficient (Wildman–Crippen LogP) is 3.15. The van der Waals surface area contributed by atoms with Crippen LogP contribution in [0.5, 0.6) is 0 Å². The van der Waals surface area contributed by atoms with E-state index in [2.05, 4.69) is 10.6 Å². The van der Waals surface area contributed by atoms with Crippen molar-refractivity contribution in [3.8, 4) is 0 Å². The molecular weight excluding hydrogens is 405 g/mol. The molecule has 162 valence electrons. The molecule has 1 amide bonds. The number of halogens is 3. The number of sulfone groups is 1. The largest absolute Gasteiger partial charge is 0.416 e. The molecule has 2 fully saturated rings. The molecule has 1 aromatic rings. The van der Waals surface area contributed by atoms with E-state index in [9.17, 15) is 26.4 Å². The zero-order chi connectivity index (χ0) is 21.4. The lowest BCUT2D eigenvalue weighted by atomic mass is 9.73. The average molecular weight is 433 g/mol. The number of benzene rings is 1. The van der Waals surface area contributed by atoms with Crippen molar-refractivity contribution < 1.29 is 26.4 Å². The van der Waals surface area contributed by atoms with E-state index in [1.807, 2.05) is 0 Å². The van der Waals surface area contributed by atoms with Crippen molar-refractivity contribution in [2.45, 2.75) is 61.4 Å². The minimum Gasteiger partial charge on any atom is -0.353 e. The second-order valence-electron chi connectivity index (χ2n) is 8.53. The van der Waals surface area contributed by atoms with Gasteiger partial charge in [-0.1, -0.05) is 6.07 Å². The summed E-state index contributed by atoms with van der Waals surface area (Å²) in [5.41, 5.74) is -0.977. The van der Waals surface area contributed by atoms with Crippen molar-refractivity contribution in [3.63, 3.8) is 0 Å². The van der Waals surface area contributed by atoms with Crippen LogP contribution in [-0.4, -0.2) is 38.2 Å². The fourth-order valence-electron chi connectivity index (χ4n) is 4.07. The Kier molecular flexibility index (Phi) is 6.02. The van der Waals surface area contributed by atoms with E-state index >= 15 is 0 Å². The minimum atomic E-state index is -4.60. The van der Waals surface area contributed by atoms with Crippen molar-refractivity contribution in [1.82, 2.24) is 10.6 Å². The van der Waals surface area contributed by atoms with Crippen molar-refractivity contribution in [2.75, 3.05) is 13.1 Å². The maximum atomic E-state index is 13.1. The molecular formula is C20H27F3N2O3S. The number of nitrogens with one attached hydrogen (secondary N) is 2. The first-order valence-corrected chi connectivity index (χ1v) is 11.3. The van der Waals surface area contributed by atoms with Gasteiger partial charge in [-0.25, -0.2) is 8.42 Å². The third-order valence-corrected chi connectivity index (χ3v) is 8.93. The normalized spacial score (nSPS) is 24.0. The lowest BCUT2D eigenvalue weighted by Gasteiger charge is -2.45. The lowest BCUT2D eigenvalue weighted by Crippen LogP contribution is -2.54. The molecule has 0 spiro atoms. The van der Waals surface area contributed by atoms with E-state index in [0.29, 0.717) is 18.9 Å². The van der Waals surface area contributed by atoms with Gasteiger partial charge in [0.15, 0.2) is 9.84 Å². The monoisotopic (exact) mass is 432 g/mol. The summed E-state index contributed by atoms with van der Waals surface area (Å²) in [5, 5.41) is 6.20. The number of amides is 1. The van der Waals surface area contributed by atoms with Crippen LogP contribution in [0.4, 0.5) is 13.2 Å². The fourth-order valence-corrected chi connectivity index (χ4v) is 5.85. The minimum absolute atomic E-state index is 0.00786. The summed E-state index contributed by atoms with van der Waals surface area (Å²) in [6.45, 7) is 4.73. The number of piperidine rings is 1. The molecule has 2 aliphatic rings. The molecule has 0 aromatic heterocycles. The lowest BCUT2D eigenvalue weighted by molar-refractivity contribution is -0.137. The SMILES string of the molecule is CC(C)(C1CC(NC(=O)C2CCNCC2)C1)S(=O)(=O)c1cccc(C(F)(F)F)c1. The predicted molar refractivity (Wildman–Crippen MR) is 103 cm³/mol. The third-order valence-electron chi connectivity index (χ3n) is 6.34. The second-order valence-corrected chi connectivity index (χ2v) is 11.1. The summed E-state index contributed by atoms with van der Waals surface area (Å²) in [6, 6.07) is 3.81. The van der Waals surface area contributed by atoms with Gasteiger partial charge in [-0.2, -0.15) is 13.2 Å². The highest BCUT2D eigenvalue weighted by molar-refractivity contribution is 7.92. The Morgan fingerprint density at radius 1 is 1.14 bits per heavy atom. The standard InChI is InChI=1S/C20H27F3N2O3S/c1-19(2,29(27,28)17-5-3-4-14(12-17)20(21,22)23)15-10-16(11-15)25-18(26)13-6-8-24-9-7-13/h3-5,12-13,15-16,24H,6-11H2,1-2H3,(H,25,26). The summed E-state index contributed by atoms with van der Waals surface area (Å²) in [6.07, 6.45) is -2.02. The molecule has 1 aromatic carbocycles. The Hall–Kier alpha value is -1.61. The summed E-state index contributed by atoms with van der Waals surface area (Å²) in [5.74, 6) is -0.244. The summed E-state index contributed by atoms with van der Waals surface area (Å²) >= 11 is 0. The van der Waals surface area contributed by atoms with Crippen LogP contribution in [0.1, 0.15) is 45.1 Å². The first kappa shape index (κ1) is 22.1. The fraction of sp³-hybridized carbons (Fsp3) is 0.650. The zero-order valence-electron chi connectivity index (χ0n) is 16.6. The Labute approximate surface area is 169 Å². The second kappa shape index (κ2) is 7.91. The molecule has 0 atom stereocenters. The van der Waals surface area contributed by atoms with Gasteiger partial charge in [0.25, 0.3) is 0 Å². The van der Waals surface area contributed by atoms with Crippen LogP contribution in [0.25, 0.3) is 0 Å². The summed E-state index contributed by atoms with van der Waals surface area (Å²) < 4.78 is 63.9. The van der Waals surface area contributed by atoms with Gasteiger partial charge < -0.3 is 10.6 Å². The van der Waals surface area contributed by atoms with Crippen LogP contribution < -0.4 is 10.6 Å². The van der Waals surface area contributed by atoms with Crippen LogP contribution in [0.2, 0.25) is 0 Å². The van der Waals surface area contributed by atoms with Gasteiger partial charge in [0.05, 0.1) is 15.2 Å². The third kappa shape index (κ3) is 4.45. The number of rotatable bonds is 5. The number of hydrogen-bond acceptors (Lipinski definition) is 4. The van der Waals surface area contributed by atoms with E-state index in [1.165, 1.54) is 6.07 Å². The zero-order valence-corrected chi connectivity index (χ0v) is 17.4. The average Bonchev–Trinajstić information content (AvgIpc) is 2.64. The molecule has 1 aliphatic heterocycles. The summed E-state index contributed by atoms with van der Waals surface area (Å²) in [7, 11) is -3.97. The summed E-state index contributed by atoms with van der Waals surface area (Å²) in [4.78, 5) is 12.0. The van der Waals surface area contributed by atoms with E-state index < -0.39 is 26.3 Å². The van der Waals surface area contributed by atoms with Gasteiger partial charge in [0.2, 0.25) is 5.91 Å². The molecule has 0 unspecified atom stereocenters. The van der Waals surface area contributed by atoms with Gasteiger partial charge in [-0.3, -0.25) is 4.79 Å². The molecule has 1 aliphatic carbocycles.